The number of amides is 1. The second-order valence-electron chi connectivity index (χ2n) is 9.33. The van der Waals surface area contributed by atoms with Crippen LogP contribution in [0.15, 0.2) is 73.4 Å². The van der Waals surface area contributed by atoms with Gasteiger partial charge >= 0.3 is 0 Å². The minimum absolute atomic E-state index is 0.0725. The molecule has 0 radical (unpaired) electrons. The van der Waals surface area contributed by atoms with Gasteiger partial charge in [0, 0.05) is 29.6 Å². The summed E-state index contributed by atoms with van der Waals surface area (Å²) in [7, 11) is 0. The molecule has 0 saturated carbocycles. The van der Waals surface area contributed by atoms with Crippen LogP contribution in [-0.4, -0.2) is 37.0 Å². The minimum Gasteiger partial charge on any atom is -0.366 e. The van der Waals surface area contributed by atoms with Crippen LogP contribution in [0.3, 0.4) is 0 Å². The molecular formula is C29H27N7O2. The number of ether oxygens (including phenoxy) is 1. The highest BCUT2D eigenvalue weighted by Gasteiger charge is 2.22. The zero-order chi connectivity index (χ0) is 26.1. The highest BCUT2D eigenvalue weighted by atomic mass is 16.5. The molecule has 38 heavy (non-hydrogen) atoms. The molecule has 1 atom stereocenters. The fourth-order valence-corrected chi connectivity index (χ4v) is 4.90. The summed E-state index contributed by atoms with van der Waals surface area (Å²) in [4.78, 5) is 30.5. The summed E-state index contributed by atoms with van der Waals surface area (Å²) >= 11 is 0. The molecule has 1 fully saturated rings. The number of aromatic nitrogens is 5. The average Bonchev–Trinajstić information content (AvgIpc) is 3.40. The molecule has 1 aliphatic heterocycles. The van der Waals surface area contributed by atoms with Crippen molar-refractivity contribution in [2.75, 3.05) is 11.9 Å². The van der Waals surface area contributed by atoms with Crippen molar-refractivity contribution in [2.24, 2.45) is 5.73 Å². The van der Waals surface area contributed by atoms with Crippen molar-refractivity contribution in [3.05, 3.63) is 84.6 Å². The number of carbonyl (C=O) groups excluding carboxylic acids is 1. The number of aryl methyl sites for hydroxylation is 1. The molecule has 6 rings (SSSR count). The van der Waals surface area contributed by atoms with E-state index >= 15 is 0 Å². The van der Waals surface area contributed by atoms with E-state index < -0.39 is 5.91 Å². The maximum atomic E-state index is 12.0. The number of hydrogen-bond acceptors (Lipinski definition) is 7. The Kier molecular flexibility index (Phi) is 6.27. The van der Waals surface area contributed by atoms with E-state index in [0.717, 1.165) is 59.5 Å². The van der Waals surface area contributed by atoms with Gasteiger partial charge in [-0.25, -0.2) is 19.9 Å². The van der Waals surface area contributed by atoms with Crippen LogP contribution in [0.5, 0.6) is 0 Å². The average molecular weight is 506 g/mol. The summed E-state index contributed by atoms with van der Waals surface area (Å²) in [5, 5.41) is 3.49. The van der Waals surface area contributed by atoms with Gasteiger partial charge in [-0.1, -0.05) is 30.3 Å². The number of nitrogens with two attached hydrogens (primary N) is 1. The number of fused-ring (bicyclic) bond motifs is 1. The Bertz CT molecular complexity index is 1640. The van der Waals surface area contributed by atoms with Crippen molar-refractivity contribution < 1.29 is 9.53 Å². The highest BCUT2D eigenvalue weighted by molar-refractivity contribution is 6.00. The van der Waals surface area contributed by atoms with Gasteiger partial charge in [-0.15, -0.1) is 0 Å². The smallest absolute Gasteiger partial charge is 0.249 e. The number of primary amides is 1. The number of pyridine rings is 1. The van der Waals surface area contributed by atoms with E-state index in [4.69, 9.17) is 10.5 Å². The lowest BCUT2D eigenvalue weighted by Gasteiger charge is -2.23. The van der Waals surface area contributed by atoms with Crippen molar-refractivity contribution in [3.8, 4) is 22.4 Å². The van der Waals surface area contributed by atoms with Crippen LogP contribution in [0.25, 0.3) is 33.5 Å². The first-order valence-corrected chi connectivity index (χ1v) is 12.6. The third-order valence-corrected chi connectivity index (χ3v) is 6.88. The molecule has 3 aromatic heterocycles. The van der Waals surface area contributed by atoms with Crippen molar-refractivity contribution in [1.82, 2.24) is 24.5 Å². The fourth-order valence-electron chi connectivity index (χ4n) is 4.90. The predicted octanol–water partition coefficient (Wildman–Crippen LogP) is 5.41. The molecular weight excluding hydrogens is 478 g/mol. The quantitative estimate of drug-likeness (QED) is 0.317. The summed E-state index contributed by atoms with van der Waals surface area (Å²) in [5.41, 5.74) is 12.5. The molecule has 1 unspecified atom stereocenters. The van der Waals surface area contributed by atoms with E-state index in [-0.39, 0.29) is 6.23 Å². The molecule has 0 bridgehead atoms. The molecule has 5 aromatic rings. The van der Waals surface area contributed by atoms with Gasteiger partial charge in [0.05, 0.1) is 6.33 Å². The maximum absolute atomic E-state index is 12.0. The number of carbonyl (C=O) groups is 1. The van der Waals surface area contributed by atoms with Gasteiger partial charge in [-0.3, -0.25) is 9.36 Å². The van der Waals surface area contributed by atoms with Gasteiger partial charge in [0.15, 0.2) is 5.65 Å². The van der Waals surface area contributed by atoms with Crippen LogP contribution in [-0.2, 0) is 4.74 Å². The number of hydrogen-bond donors (Lipinski definition) is 2. The van der Waals surface area contributed by atoms with Crippen molar-refractivity contribution in [1.29, 1.82) is 0 Å². The van der Waals surface area contributed by atoms with E-state index in [1.54, 1.807) is 31.0 Å². The van der Waals surface area contributed by atoms with Crippen LogP contribution in [0.4, 0.5) is 11.5 Å². The van der Waals surface area contributed by atoms with Gasteiger partial charge in [-0.2, -0.15) is 0 Å². The Labute approximate surface area is 219 Å². The molecule has 4 heterocycles. The normalized spacial score (nSPS) is 15.4. The molecule has 3 N–H and O–H groups in total. The lowest BCUT2D eigenvalue weighted by Crippen LogP contribution is -2.17. The molecule has 1 amide bonds. The Balaban J connectivity index is 1.39. The summed E-state index contributed by atoms with van der Waals surface area (Å²) < 4.78 is 7.96. The zero-order valence-corrected chi connectivity index (χ0v) is 21.0. The largest absolute Gasteiger partial charge is 0.366 e. The second-order valence-corrected chi connectivity index (χ2v) is 9.33. The van der Waals surface area contributed by atoms with Crippen molar-refractivity contribution >= 4 is 28.6 Å². The predicted molar refractivity (Wildman–Crippen MR) is 146 cm³/mol. The molecule has 2 aromatic carbocycles. The summed E-state index contributed by atoms with van der Waals surface area (Å²) in [6, 6.07) is 17.2. The third-order valence-electron chi connectivity index (χ3n) is 6.88. The molecule has 0 spiro atoms. The Morgan fingerprint density at radius 2 is 1.89 bits per heavy atom. The lowest BCUT2D eigenvalue weighted by atomic mass is 9.97. The Morgan fingerprint density at radius 1 is 1.03 bits per heavy atom. The number of nitrogens with one attached hydrogen (secondary N) is 1. The van der Waals surface area contributed by atoms with Crippen LogP contribution in [0.1, 0.15) is 41.4 Å². The van der Waals surface area contributed by atoms with E-state index in [9.17, 15) is 4.79 Å². The zero-order valence-electron chi connectivity index (χ0n) is 21.0. The van der Waals surface area contributed by atoms with Gasteiger partial charge in [-0.05, 0) is 67.1 Å². The van der Waals surface area contributed by atoms with Crippen molar-refractivity contribution in [3.63, 3.8) is 0 Å². The monoisotopic (exact) mass is 505 g/mol. The third kappa shape index (κ3) is 4.37. The number of anilines is 2. The standard InChI is InChI=1S/C29H27N7O2/c1-18-11-12-19(20-7-2-3-8-21(20)27(30)37)15-23(18)35-28-22(9-6-13-31-28)25-26-29(33-16-32-25)36(17-34-26)24-10-4-5-14-38-24/h2-3,6-9,11-13,15-17,24H,4-5,10,14H2,1H3,(H2,30,37)(H,31,35). The van der Waals surface area contributed by atoms with Crippen LogP contribution < -0.4 is 11.1 Å². The molecule has 190 valence electrons. The molecule has 9 heteroatoms. The van der Waals surface area contributed by atoms with Crippen molar-refractivity contribution in [2.45, 2.75) is 32.4 Å². The fraction of sp³-hybridized carbons (Fsp3) is 0.207. The number of rotatable bonds is 6. The SMILES string of the molecule is Cc1ccc(-c2ccccc2C(N)=O)cc1Nc1ncccc1-c1ncnc2c1ncn2C1CCCCO1. The van der Waals surface area contributed by atoms with Gasteiger partial charge in [0.2, 0.25) is 5.91 Å². The summed E-state index contributed by atoms with van der Waals surface area (Å²) in [6.07, 6.45) is 8.12. The van der Waals surface area contributed by atoms with Gasteiger partial charge < -0.3 is 15.8 Å². The number of imidazole rings is 1. The molecule has 0 aliphatic carbocycles. The minimum atomic E-state index is -0.464. The second kappa shape index (κ2) is 10.0. The summed E-state index contributed by atoms with van der Waals surface area (Å²) in [6.45, 7) is 2.75. The number of nitrogens with zero attached hydrogens (tertiary/aromatic N) is 5. The number of benzene rings is 2. The summed E-state index contributed by atoms with van der Waals surface area (Å²) in [5.74, 6) is 0.174. The van der Waals surface area contributed by atoms with Gasteiger partial charge in [0.1, 0.15) is 29.6 Å². The van der Waals surface area contributed by atoms with E-state index in [2.05, 4.69) is 25.3 Å². The first-order chi connectivity index (χ1) is 18.6. The highest BCUT2D eigenvalue weighted by Crippen LogP contribution is 2.35. The van der Waals surface area contributed by atoms with E-state index in [0.29, 0.717) is 22.6 Å². The van der Waals surface area contributed by atoms with Crippen LogP contribution >= 0.6 is 0 Å². The lowest BCUT2D eigenvalue weighted by molar-refractivity contribution is -0.0298. The van der Waals surface area contributed by atoms with Crippen LogP contribution in [0, 0.1) is 6.92 Å². The Morgan fingerprint density at radius 3 is 2.74 bits per heavy atom. The maximum Gasteiger partial charge on any atom is 0.249 e. The first-order valence-electron chi connectivity index (χ1n) is 12.6. The van der Waals surface area contributed by atoms with Gasteiger partial charge in [0.25, 0.3) is 0 Å². The molecule has 1 saturated heterocycles. The Hall–Kier alpha value is -4.63. The first kappa shape index (κ1) is 23.7. The van der Waals surface area contributed by atoms with E-state index in [1.807, 2.05) is 54.0 Å². The molecule has 1 aliphatic rings. The molecule has 9 nitrogen and oxygen atoms in total. The topological polar surface area (TPSA) is 121 Å². The van der Waals surface area contributed by atoms with E-state index in [1.165, 1.54) is 0 Å². The van der Waals surface area contributed by atoms with Crippen LogP contribution in [0.2, 0.25) is 0 Å².